The first-order chi connectivity index (χ1) is 9.22. The number of unbranched alkanes of at least 4 members (excludes halogenated alkanes) is 1. The first-order valence-electron chi connectivity index (χ1n) is 6.80. The first-order valence-corrected chi connectivity index (χ1v) is 7.79. The summed E-state index contributed by atoms with van der Waals surface area (Å²) in [6, 6.07) is 3.91. The van der Waals surface area contributed by atoms with Crippen LogP contribution >= 0.6 is 11.8 Å². The van der Waals surface area contributed by atoms with Crippen LogP contribution in [-0.2, 0) is 6.54 Å². The van der Waals surface area contributed by atoms with Crippen LogP contribution in [0.4, 0.5) is 0 Å². The van der Waals surface area contributed by atoms with Crippen LogP contribution in [0.1, 0.15) is 51.1 Å². The van der Waals surface area contributed by atoms with Crippen molar-refractivity contribution in [2.75, 3.05) is 5.75 Å². The summed E-state index contributed by atoms with van der Waals surface area (Å²) in [5.41, 5.74) is 0. The van der Waals surface area contributed by atoms with Crippen molar-refractivity contribution < 1.29 is 4.42 Å². The molecule has 2 aromatic rings. The van der Waals surface area contributed by atoms with Crippen LogP contribution in [0.2, 0.25) is 0 Å². The lowest BCUT2D eigenvalue weighted by Gasteiger charge is -2.10. The van der Waals surface area contributed by atoms with E-state index in [1.54, 1.807) is 18.0 Å². The van der Waals surface area contributed by atoms with Gasteiger partial charge in [0.15, 0.2) is 5.16 Å². The van der Waals surface area contributed by atoms with Crippen molar-refractivity contribution in [2.45, 2.75) is 51.2 Å². The Kier molecular flexibility index (Phi) is 5.07. The van der Waals surface area contributed by atoms with Gasteiger partial charge in [0.05, 0.1) is 12.8 Å². The van der Waals surface area contributed by atoms with Crippen LogP contribution in [-0.4, -0.2) is 20.5 Å². The van der Waals surface area contributed by atoms with Gasteiger partial charge in [0.25, 0.3) is 0 Å². The molecule has 0 aliphatic heterocycles. The van der Waals surface area contributed by atoms with E-state index in [-0.39, 0.29) is 0 Å². The van der Waals surface area contributed by atoms with Gasteiger partial charge in [0.2, 0.25) is 0 Å². The minimum atomic E-state index is 0.364. The fourth-order valence-electron chi connectivity index (χ4n) is 1.85. The molecule has 0 spiro atoms. The topological polar surface area (TPSA) is 43.9 Å². The third-order valence-corrected chi connectivity index (χ3v) is 3.94. The van der Waals surface area contributed by atoms with Gasteiger partial charge in [-0.15, -0.1) is 10.2 Å². The smallest absolute Gasteiger partial charge is 0.191 e. The monoisotopic (exact) mass is 279 g/mol. The molecule has 19 heavy (non-hydrogen) atoms. The van der Waals surface area contributed by atoms with E-state index < -0.39 is 0 Å². The van der Waals surface area contributed by atoms with E-state index in [4.69, 9.17) is 4.42 Å². The normalized spacial score (nSPS) is 11.4. The molecule has 2 aromatic heterocycles. The highest BCUT2D eigenvalue weighted by molar-refractivity contribution is 7.99. The van der Waals surface area contributed by atoms with E-state index in [0.717, 1.165) is 22.5 Å². The van der Waals surface area contributed by atoms with Gasteiger partial charge in [0, 0.05) is 11.7 Å². The van der Waals surface area contributed by atoms with E-state index in [1.807, 2.05) is 12.1 Å². The lowest BCUT2D eigenvalue weighted by molar-refractivity contribution is 0.475. The second-order valence-electron chi connectivity index (χ2n) is 4.86. The minimum absolute atomic E-state index is 0.364. The van der Waals surface area contributed by atoms with Crippen molar-refractivity contribution in [1.29, 1.82) is 0 Å². The lowest BCUT2D eigenvalue weighted by Crippen LogP contribution is -2.07. The summed E-state index contributed by atoms with van der Waals surface area (Å²) in [6.45, 7) is 7.20. The molecule has 2 heterocycles. The number of furan rings is 1. The highest BCUT2D eigenvalue weighted by atomic mass is 32.2. The summed E-state index contributed by atoms with van der Waals surface area (Å²) in [5.74, 6) is 3.42. The van der Waals surface area contributed by atoms with E-state index in [9.17, 15) is 0 Å². The summed E-state index contributed by atoms with van der Waals surface area (Å²) in [6.07, 6.45) is 4.12. The molecule has 0 fully saturated rings. The number of nitrogens with zero attached hydrogens (tertiary/aromatic N) is 3. The van der Waals surface area contributed by atoms with E-state index >= 15 is 0 Å². The Morgan fingerprint density at radius 3 is 2.84 bits per heavy atom. The molecule has 104 valence electrons. The Morgan fingerprint density at radius 1 is 1.37 bits per heavy atom. The summed E-state index contributed by atoms with van der Waals surface area (Å²) >= 11 is 1.78. The third-order valence-electron chi connectivity index (χ3n) is 2.88. The van der Waals surface area contributed by atoms with Crippen LogP contribution in [0.5, 0.6) is 0 Å². The summed E-state index contributed by atoms with van der Waals surface area (Å²) < 4.78 is 7.61. The van der Waals surface area contributed by atoms with Crippen LogP contribution in [0.15, 0.2) is 28.0 Å². The number of aromatic nitrogens is 3. The molecule has 0 saturated heterocycles. The number of hydrogen-bond donors (Lipinski definition) is 0. The molecular formula is C14H21N3OS. The lowest BCUT2D eigenvalue weighted by atomic mass is 10.2. The fourth-order valence-corrected chi connectivity index (χ4v) is 2.88. The largest absolute Gasteiger partial charge is 0.467 e. The van der Waals surface area contributed by atoms with Crippen LogP contribution in [0.25, 0.3) is 0 Å². The van der Waals surface area contributed by atoms with Crippen LogP contribution in [0.3, 0.4) is 0 Å². The van der Waals surface area contributed by atoms with Gasteiger partial charge in [-0.05, 0) is 18.6 Å². The molecule has 0 amide bonds. The average Bonchev–Trinajstić information content (AvgIpc) is 3.01. The second-order valence-corrected chi connectivity index (χ2v) is 5.93. The van der Waals surface area contributed by atoms with Gasteiger partial charge < -0.3 is 4.42 Å². The van der Waals surface area contributed by atoms with Crippen LogP contribution < -0.4 is 0 Å². The molecule has 0 saturated carbocycles. The second kappa shape index (κ2) is 6.80. The maximum Gasteiger partial charge on any atom is 0.191 e. The molecule has 0 N–H and O–H groups in total. The van der Waals surface area contributed by atoms with E-state index in [2.05, 4.69) is 35.5 Å². The van der Waals surface area contributed by atoms with Crippen molar-refractivity contribution in [3.8, 4) is 0 Å². The van der Waals surface area contributed by atoms with Crippen molar-refractivity contribution >= 4 is 11.8 Å². The highest BCUT2D eigenvalue weighted by Gasteiger charge is 2.16. The zero-order chi connectivity index (χ0) is 13.7. The predicted molar refractivity (Wildman–Crippen MR) is 77.6 cm³/mol. The van der Waals surface area contributed by atoms with Crippen LogP contribution in [0, 0.1) is 0 Å². The summed E-state index contributed by atoms with van der Waals surface area (Å²) in [5, 5.41) is 9.64. The van der Waals surface area contributed by atoms with Gasteiger partial charge >= 0.3 is 0 Å². The standard InChI is InChI=1S/C14H21N3OS/c1-4-5-9-19-14-16-15-13(11(2)3)17(14)10-12-7-6-8-18-12/h6-8,11H,4-5,9-10H2,1-3H3. The molecule has 5 heteroatoms. The molecule has 0 radical (unpaired) electrons. The fraction of sp³-hybridized carbons (Fsp3) is 0.571. The highest BCUT2D eigenvalue weighted by Crippen LogP contribution is 2.23. The summed E-state index contributed by atoms with van der Waals surface area (Å²) in [4.78, 5) is 0. The molecule has 0 unspecified atom stereocenters. The average molecular weight is 279 g/mol. The quantitative estimate of drug-likeness (QED) is 0.569. The Bertz CT molecular complexity index is 491. The van der Waals surface area contributed by atoms with Crippen molar-refractivity contribution in [3.63, 3.8) is 0 Å². The number of rotatable bonds is 7. The summed E-state index contributed by atoms with van der Waals surface area (Å²) in [7, 11) is 0. The van der Waals surface area contributed by atoms with E-state index in [1.165, 1.54) is 12.8 Å². The third kappa shape index (κ3) is 3.62. The molecular weight excluding hydrogens is 258 g/mol. The first kappa shape index (κ1) is 14.2. The molecule has 0 aromatic carbocycles. The van der Waals surface area contributed by atoms with Crippen molar-refractivity contribution in [2.24, 2.45) is 0 Å². The Balaban J connectivity index is 2.18. The molecule has 4 nitrogen and oxygen atoms in total. The zero-order valence-electron chi connectivity index (χ0n) is 11.8. The molecule has 0 bridgehead atoms. The maximum atomic E-state index is 5.44. The van der Waals surface area contributed by atoms with Gasteiger partial charge in [0.1, 0.15) is 11.6 Å². The van der Waals surface area contributed by atoms with Gasteiger partial charge in [-0.25, -0.2) is 0 Å². The van der Waals surface area contributed by atoms with Crippen molar-refractivity contribution in [1.82, 2.24) is 14.8 Å². The van der Waals surface area contributed by atoms with Gasteiger partial charge in [-0.1, -0.05) is 39.0 Å². The Morgan fingerprint density at radius 2 is 2.21 bits per heavy atom. The zero-order valence-corrected chi connectivity index (χ0v) is 12.6. The number of thioether (sulfide) groups is 1. The Labute approximate surface area is 118 Å². The maximum absolute atomic E-state index is 5.44. The molecule has 2 rings (SSSR count). The molecule has 0 atom stereocenters. The van der Waals surface area contributed by atoms with Crippen molar-refractivity contribution in [3.05, 3.63) is 30.0 Å². The van der Waals surface area contributed by atoms with Gasteiger partial charge in [-0.2, -0.15) is 0 Å². The van der Waals surface area contributed by atoms with E-state index in [0.29, 0.717) is 12.5 Å². The Hall–Kier alpha value is -1.23. The number of hydrogen-bond acceptors (Lipinski definition) is 4. The van der Waals surface area contributed by atoms with Gasteiger partial charge in [-0.3, -0.25) is 4.57 Å². The minimum Gasteiger partial charge on any atom is -0.467 e. The predicted octanol–water partition coefficient (Wildman–Crippen LogP) is 3.94. The molecule has 0 aliphatic carbocycles. The SMILES string of the molecule is CCCCSc1nnc(C(C)C)n1Cc1ccco1. The molecule has 0 aliphatic rings.